The predicted octanol–water partition coefficient (Wildman–Crippen LogP) is 1.36. The van der Waals surface area contributed by atoms with Gasteiger partial charge in [-0.3, -0.25) is 24.5 Å². The zero-order chi connectivity index (χ0) is 22.2. The van der Waals surface area contributed by atoms with Gasteiger partial charge in [0.15, 0.2) is 0 Å². The van der Waals surface area contributed by atoms with Gasteiger partial charge in [-0.05, 0) is 46.2 Å². The highest BCUT2D eigenvalue weighted by Crippen LogP contribution is 2.24. The molecule has 1 aromatic carbocycles. The van der Waals surface area contributed by atoms with Crippen LogP contribution in [0.2, 0.25) is 0 Å². The maximum atomic E-state index is 14.6. The Morgan fingerprint density at radius 3 is 2.67 bits per heavy atom. The van der Waals surface area contributed by atoms with Crippen LogP contribution in [-0.4, -0.2) is 44.9 Å². The van der Waals surface area contributed by atoms with Crippen molar-refractivity contribution >= 4 is 34.7 Å². The highest BCUT2D eigenvalue weighted by Gasteiger charge is 2.30. The molecule has 160 valence electrons. The lowest BCUT2D eigenvalue weighted by molar-refractivity contribution is -0.155. The molecule has 1 unspecified atom stereocenters. The van der Waals surface area contributed by atoms with E-state index in [9.17, 15) is 23.6 Å². The van der Waals surface area contributed by atoms with Gasteiger partial charge in [-0.1, -0.05) is 0 Å². The number of esters is 1. The maximum absolute atomic E-state index is 14.6. The number of hydrogen-bond acceptors (Lipinski definition) is 6. The van der Waals surface area contributed by atoms with Gasteiger partial charge >= 0.3 is 5.97 Å². The molecule has 30 heavy (non-hydrogen) atoms. The van der Waals surface area contributed by atoms with Crippen LogP contribution >= 0.6 is 0 Å². The normalized spacial score (nSPS) is 17.0. The Labute approximate surface area is 172 Å². The number of nitrogens with zero attached hydrogens (tertiary/aromatic N) is 2. The van der Waals surface area contributed by atoms with Crippen molar-refractivity contribution in [1.29, 1.82) is 0 Å². The highest BCUT2D eigenvalue weighted by molar-refractivity contribution is 6.08. The molecular weight excluding hydrogens is 395 g/mol. The Bertz CT molecular complexity index is 1050. The summed E-state index contributed by atoms with van der Waals surface area (Å²) in [6, 6.07) is 1.58. The number of carbonyl (C=O) groups excluding carboxylic acids is 4. The molecule has 0 spiro atoms. The molecule has 0 bridgehead atoms. The Morgan fingerprint density at radius 1 is 1.33 bits per heavy atom. The van der Waals surface area contributed by atoms with Gasteiger partial charge in [-0.15, -0.1) is 0 Å². The van der Waals surface area contributed by atoms with Crippen LogP contribution in [0.3, 0.4) is 0 Å². The molecule has 9 nitrogen and oxygen atoms in total. The molecule has 2 heterocycles. The van der Waals surface area contributed by atoms with Crippen LogP contribution in [0, 0.1) is 12.7 Å². The standard InChI is InChI=1S/C20H23FN4O5/c1-10-22-17-13(25(10)9-15(27)30-20(2,3)4)7-5-11(21)16(17)19(29)23-12-6-8-14(26)24-18(12)28/h5,7,12H,6,8-9H2,1-4H3,(H,23,29)(H,24,26,28). The van der Waals surface area contributed by atoms with Crippen LogP contribution in [-0.2, 0) is 25.7 Å². The van der Waals surface area contributed by atoms with Crippen LogP contribution in [0.5, 0.6) is 0 Å². The summed E-state index contributed by atoms with van der Waals surface area (Å²) in [6.45, 7) is 6.72. The minimum absolute atomic E-state index is 0.0702. The average molecular weight is 418 g/mol. The number of carbonyl (C=O) groups is 4. The minimum Gasteiger partial charge on any atom is -0.459 e. The number of aromatic nitrogens is 2. The number of imidazole rings is 1. The van der Waals surface area contributed by atoms with Gasteiger partial charge < -0.3 is 14.6 Å². The molecule has 3 rings (SSSR count). The van der Waals surface area contributed by atoms with Gasteiger partial charge in [-0.2, -0.15) is 0 Å². The average Bonchev–Trinajstić information content (AvgIpc) is 2.91. The van der Waals surface area contributed by atoms with Crippen molar-refractivity contribution in [1.82, 2.24) is 20.2 Å². The lowest BCUT2D eigenvalue weighted by Gasteiger charge is -2.22. The van der Waals surface area contributed by atoms with Crippen LogP contribution in [0.4, 0.5) is 4.39 Å². The largest absolute Gasteiger partial charge is 0.459 e. The van der Waals surface area contributed by atoms with Crippen LogP contribution < -0.4 is 10.6 Å². The van der Waals surface area contributed by atoms with E-state index in [1.54, 1.807) is 27.7 Å². The van der Waals surface area contributed by atoms with E-state index in [0.717, 1.165) is 6.07 Å². The smallest absolute Gasteiger partial charge is 0.326 e. The monoisotopic (exact) mass is 418 g/mol. The molecule has 0 radical (unpaired) electrons. The molecule has 1 aliphatic rings. The summed E-state index contributed by atoms with van der Waals surface area (Å²) in [5, 5.41) is 4.59. The Hall–Kier alpha value is -3.30. The summed E-state index contributed by atoms with van der Waals surface area (Å²) in [7, 11) is 0. The van der Waals surface area contributed by atoms with Gasteiger partial charge in [0.1, 0.15) is 40.9 Å². The van der Waals surface area contributed by atoms with Crippen molar-refractivity contribution in [3.8, 4) is 0 Å². The topological polar surface area (TPSA) is 119 Å². The maximum Gasteiger partial charge on any atom is 0.326 e. The fourth-order valence-corrected chi connectivity index (χ4v) is 3.26. The van der Waals surface area contributed by atoms with E-state index < -0.39 is 41.2 Å². The molecule has 2 aromatic rings. The molecule has 0 saturated carbocycles. The lowest BCUT2D eigenvalue weighted by atomic mass is 10.0. The molecule has 1 atom stereocenters. The second-order valence-electron chi connectivity index (χ2n) is 8.10. The van der Waals surface area contributed by atoms with E-state index >= 15 is 0 Å². The zero-order valence-electron chi connectivity index (χ0n) is 17.2. The third-order valence-electron chi connectivity index (χ3n) is 4.54. The fourth-order valence-electron chi connectivity index (χ4n) is 3.26. The Morgan fingerprint density at radius 2 is 2.03 bits per heavy atom. The van der Waals surface area contributed by atoms with Gasteiger partial charge in [0.25, 0.3) is 5.91 Å². The first-order valence-electron chi connectivity index (χ1n) is 9.48. The lowest BCUT2D eigenvalue weighted by Crippen LogP contribution is -2.52. The van der Waals surface area contributed by atoms with E-state index in [1.807, 2.05) is 0 Å². The number of aryl methyl sites for hydroxylation is 1. The van der Waals surface area contributed by atoms with Gasteiger partial charge in [0.2, 0.25) is 11.8 Å². The molecule has 1 aromatic heterocycles. The van der Waals surface area contributed by atoms with Crippen molar-refractivity contribution in [3.63, 3.8) is 0 Å². The molecule has 1 fully saturated rings. The van der Waals surface area contributed by atoms with E-state index in [1.165, 1.54) is 10.6 Å². The number of nitrogens with one attached hydrogen (secondary N) is 2. The molecular formula is C20H23FN4O5. The van der Waals surface area contributed by atoms with E-state index in [4.69, 9.17) is 4.74 Å². The van der Waals surface area contributed by atoms with Crippen molar-refractivity contribution in [2.24, 2.45) is 0 Å². The molecule has 10 heteroatoms. The molecule has 2 N–H and O–H groups in total. The number of rotatable bonds is 4. The van der Waals surface area contributed by atoms with E-state index in [0.29, 0.717) is 11.3 Å². The predicted molar refractivity (Wildman–Crippen MR) is 104 cm³/mol. The van der Waals surface area contributed by atoms with Gasteiger partial charge in [0.05, 0.1) is 5.52 Å². The molecule has 0 aliphatic carbocycles. The number of piperidine rings is 1. The first-order valence-corrected chi connectivity index (χ1v) is 9.48. The zero-order valence-corrected chi connectivity index (χ0v) is 17.2. The van der Waals surface area contributed by atoms with Gasteiger partial charge in [0, 0.05) is 6.42 Å². The number of halogens is 1. The summed E-state index contributed by atoms with van der Waals surface area (Å²) in [5.41, 5.74) is -0.544. The third kappa shape index (κ3) is 4.47. The summed E-state index contributed by atoms with van der Waals surface area (Å²) < 4.78 is 21.4. The SMILES string of the molecule is Cc1nc2c(C(=O)NC3CCC(=O)NC3=O)c(F)ccc2n1CC(=O)OC(C)(C)C. The quantitative estimate of drug-likeness (QED) is 0.572. The number of fused-ring (bicyclic) bond motifs is 1. The van der Waals surface area contributed by atoms with Crippen LogP contribution in [0.1, 0.15) is 49.8 Å². The number of amides is 3. The van der Waals surface area contributed by atoms with Crippen molar-refractivity contribution in [2.75, 3.05) is 0 Å². The number of ether oxygens (including phenoxy) is 1. The van der Waals surface area contributed by atoms with Crippen molar-refractivity contribution < 1.29 is 28.3 Å². The summed E-state index contributed by atoms with van der Waals surface area (Å²) >= 11 is 0. The summed E-state index contributed by atoms with van der Waals surface area (Å²) in [6.07, 6.45) is 0.201. The first-order chi connectivity index (χ1) is 14.0. The van der Waals surface area contributed by atoms with Crippen LogP contribution in [0.15, 0.2) is 12.1 Å². The third-order valence-corrected chi connectivity index (χ3v) is 4.54. The molecule has 1 aliphatic heterocycles. The van der Waals surface area contributed by atoms with E-state index in [2.05, 4.69) is 15.6 Å². The van der Waals surface area contributed by atoms with E-state index in [-0.39, 0.29) is 30.5 Å². The Kier molecular flexibility index (Phi) is 5.60. The summed E-state index contributed by atoms with van der Waals surface area (Å²) in [4.78, 5) is 52.4. The first kappa shape index (κ1) is 21.4. The van der Waals surface area contributed by atoms with Crippen molar-refractivity contribution in [2.45, 2.75) is 58.7 Å². The van der Waals surface area contributed by atoms with Crippen molar-refractivity contribution in [3.05, 3.63) is 29.3 Å². The second-order valence-corrected chi connectivity index (χ2v) is 8.10. The number of imide groups is 1. The van der Waals surface area contributed by atoms with Crippen LogP contribution in [0.25, 0.3) is 11.0 Å². The minimum atomic E-state index is -0.949. The molecule has 3 amide bonds. The summed E-state index contributed by atoms with van der Waals surface area (Å²) in [5.74, 6) is -2.79. The Balaban J connectivity index is 1.91. The second kappa shape index (κ2) is 7.85. The van der Waals surface area contributed by atoms with Gasteiger partial charge in [-0.25, -0.2) is 9.37 Å². The number of hydrogen-bond donors (Lipinski definition) is 2. The highest BCUT2D eigenvalue weighted by atomic mass is 19.1. The molecule has 1 saturated heterocycles. The number of benzene rings is 1. The fraction of sp³-hybridized carbons (Fsp3) is 0.450.